The molecule has 16 heavy (non-hydrogen) atoms. The summed E-state index contributed by atoms with van der Waals surface area (Å²) in [6.45, 7) is 7.94. The fourth-order valence-corrected chi connectivity index (χ4v) is 0.870. The molecule has 0 saturated heterocycles. The molecule has 1 N–H and O–H groups in total. The number of carbonyl (C=O) groups is 2. The van der Waals surface area contributed by atoms with Crippen LogP contribution in [0.1, 0.15) is 34.1 Å². The van der Waals surface area contributed by atoms with Crippen LogP contribution in [0.15, 0.2) is 0 Å². The smallest absolute Gasteiger partial charge is 0.465 e. The maximum absolute atomic E-state index is 11.5. The van der Waals surface area contributed by atoms with E-state index in [9.17, 15) is 9.59 Å². The Kier molecular flexibility index (Phi) is 5.85. The molecule has 94 valence electrons. The highest BCUT2D eigenvalue weighted by atomic mass is 16.7. The number of hydrogen-bond acceptors (Lipinski definition) is 4. The minimum absolute atomic E-state index is 0.0481. The normalized spacial score (nSPS) is 13.0. The summed E-state index contributed by atoms with van der Waals surface area (Å²) in [5, 5.41) is 8.19. The zero-order valence-electron chi connectivity index (χ0n) is 10.3. The standard InChI is InChI=1S/C11H20O5/c1-8(11(2,3)4)9(12)15-6-5-7-16-10(13)14/h8H,5-7H2,1-4H3,(H,13,14). The molecule has 0 rings (SSSR count). The maximum atomic E-state index is 11.5. The Morgan fingerprint density at radius 1 is 1.19 bits per heavy atom. The van der Waals surface area contributed by atoms with Crippen molar-refractivity contribution in [2.24, 2.45) is 11.3 Å². The second-order valence-electron chi connectivity index (χ2n) is 4.72. The summed E-state index contributed by atoms with van der Waals surface area (Å²) in [7, 11) is 0. The van der Waals surface area contributed by atoms with Gasteiger partial charge in [0.15, 0.2) is 0 Å². The van der Waals surface area contributed by atoms with Gasteiger partial charge in [0.05, 0.1) is 19.1 Å². The van der Waals surface area contributed by atoms with E-state index in [-0.39, 0.29) is 30.5 Å². The van der Waals surface area contributed by atoms with Gasteiger partial charge in [-0.2, -0.15) is 0 Å². The largest absolute Gasteiger partial charge is 0.505 e. The lowest BCUT2D eigenvalue weighted by atomic mass is 9.82. The first-order chi connectivity index (χ1) is 7.25. The molecule has 5 heteroatoms. The van der Waals surface area contributed by atoms with Gasteiger partial charge in [0, 0.05) is 6.42 Å². The first-order valence-corrected chi connectivity index (χ1v) is 5.27. The van der Waals surface area contributed by atoms with Crippen LogP contribution in [0.3, 0.4) is 0 Å². The quantitative estimate of drug-likeness (QED) is 0.581. The molecular weight excluding hydrogens is 212 g/mol. The van der Waals surface area contributed by atoms with Gasteiger partial charge in [-0.25, -0.2) is 4.79 Å². The van der Waals surface area contributed by atoms with E-state index in [1.165, 1.54) is 0 Å². The summed E-state index contributed by atoms with van der Waals surface area (Å²) >= 11 is 0. The Bertz CT molecular complexity index is 241. The average Bonchev–Trinajstić information content (AvgIpc) is 2.13. The summed E-state index contributed by atoms with van der Waals surface area (Å²) < 4.78 is 9.28. The first-order valence-electron chi connectivity index (χ1n) is 5.27. The van der Waals surface area contributed by atoms with Gasteiger partial charge in [-0.3, -0.25) is 4.79 Å². The van der Waals surface area contributed by atoms with Crippen molar-refractivity contribution in [1.29, 1.82) is 0 Å². The van der Waals surface area contributed by atoms with Gasteiger partial charge in [0.2, 0.25) is 0 Å². The van der Waals surface area contributed by atoms with Crippen LogP contribution in [-0.2, 0) is 14.3 Å². The number of carboxylic acid groups (broad SMARTS) is 1. The Morgan fingerprint density at radius 3 is 2.12 bits per heavy atom. The highest BCUT2D eigenvalue weighted by molar-refractivity contribution is 5.72. The van der Waals surface area contributed by atoms with E-state index in [1.54, 1.807) is 0 Å². The topological polar surface area (TPSA) is 72.8 Å². The molecule has 0 aromatic carbocycles. The molecule has 1 unspecified atom stereocenters. The van der Waals surface area contributed by atoms with E-state index in [1.807, 2.05) is 27.7 Å². The molecule has 0 radical (unpaired) electrons. The van der Waals surface area contributed by atoms with Crippen molar-refractivity contribution < 1.29 is 24.2 Å². The van der Waals surface area contributed by atoms with Crippen LogP contribution in [0.25, 0.3) is 0 Å². The van der Waals surface area contributed by atoms with Crippen LogP contribution >= 0.6 is 0 Å². The van der Waals surface area contributed by atoms with Gasteiger partial charge >= 0.3 is 12.1 Å². The highest BCUT2D eigenvalue weighted by Crippen LogP contribution is 2.26. The molecule has 0 aliphatic heterocycles. The van der Waals surface area contributed by atoms with Crippen molar-refractivity contribution >= 4 is 12.1 Å². The maximum Gasteiger partial charge on any atom is 0.505 e. The molecule has 0 aliphatic rings. The third-order valence-electron chi connectivity index (χ3n) is 2.41. The van der Waals surface area contributed by atoms with Crippen molar-refractivity contribution in [3.05, 3.63) is 0 Å². The lowest BCUT2D eigenvalue weighted by Gasteiger charge is -2.25. The number of hydrogen-bond donors (Lipinski definition) is 1. The molecule has 0 amide bonds. The lowest BCUT2D eigenvalue weighted by Crippen LogP contribution is -2.28. The van der Waals surface area contributed by atoms with Crippen LogP contribution in [0.5, 0.6) is 0 Å². The molecule has 0 spiro atoms. The van der Waals surface area contributed by atoms with Crippen molar-refractivity contribution in [2.75, 3.05) is 13.2 Å². The molecule has 0 saturated carbocycles. The van der Waals surface area contributed by atoms with E-state index >= 15 is 0 Å². The fraction of sp³-hybridized carbons (Fsp3) is 0.818. The van der Waals surface area contributed by atoms with E-state index < -0.39 is 6.16 Å². The van der Waals surface area contributed by atoms with Crippen LogP contribution in [0.4, 0.5) is 4.79 Å². The fourth-order valence-electron chi connectivity index (χ4n) is 0.870. The molecule has 0 aromatic heterocycles. The van der Waals surface area contributed by atoms with Crippen LogP contribution in [0.2, 0.25) is 0 Å². The SMILES string of the molecule is CC(C(=O)OCCCOC(=O)O)C(C)(C)C. The molecule has 1 atom stereocenters. The van der Waals surface area contributed by atoms with Crippen molar-refractivity contribution in [2.45, 2.75) is 34.1 Å². The third-order valence-corrected chi connectivity index (χ3v) is 2.41. The van der Waals surface area contributed by atoms with Gasteiger partial charge in [0.1, 0.15) is 0 Å². The Labute approximate surface area is 95.7 Å². The van der Waals surface area contributed by atoms with Crippen LogP contribution in [0, 0.1) is 11.3 Å². The zero-order valence-corrected chi connectivity index (χ0v) is 10.3. The van der Waals surface area contributed by atoms with Crippen molar-refractivity contribution in [3.8, 4) is 0 Å². The predicted molar refractivity (Wildman–Crippen MR) is 58.2 cm³/mol. The number of esters is 1. The second kappa shape index (κ2) is 6.35. The molecule has 0 fully saturated rings. The summed E-state index contributed by atoms with van der Waals surface area (Å²) in [6, 6.07) is 0. The summed E-state index contributed by atoms with van der Waals surface area (Å²) in [4.78, 5) is 21.5. The van der Waals surface area contributed by atoms with Crippen molar-refractivity contribution in [3.63, 3.8) is 0 Å². The third kappa shape index (κ3) is 6.27. The van der Waals surface area contributed by atoms with E-state index in [2.05, 4.69) is 4.74 Å². The number of rotatable bonds is 5. The van der Waals surface area contributed by atoms with Gasteiger partial charge in [-0.1, -0.05) is 27.7 Å². The lowest BCUT2D eigenvalue weighted by molar-refractivity contribution is -0.151. The van der Waals surface area contributed by atoms with E-state index in [0.717, 1.165) is 0 Å². The van der Waals surface area contributed by atoms with E-state index in [0.29, 0.717) is 6.42 Å². The zero-order chi connectivity index (χ0) is 12.8. The minimum atomic E-state index is -1.31. The molecule has 0 aromatic rings. The Morgan fingerprint density at radius 2 is 1.69 bits per heavy atom. The Balaban J connectivity index is 3.70. The van der Waals surface area contributed by atoms with Gasteiger partial charge in [-0.05, 0) is 5.41 Å². The molecule has 0 heterocycles. The summed E-state index contributed by atoms with van der Waals surface area (Å²) in [5.74, 6) is -0.448. The monoisotopic (exact) mass is 232 g/mol. The molecular formula is C11H20O5. The van der Waals surface area contributed by atoms with Crippen LogP contribution in [-0.4, -0.2) is 30.4 Å². The Hall–Kier alpha value is -1.26. The summed E-state index contributed by atoms with van der Waals surface area (Å²) in [6.07, 6.45) is -0.927. The number of carbonyl (C=O) groups excluding carboxylic acids is 1. The average molecular weight is 232 g/mol. The molecule has 0 aliphatic carbocycles. The second-order valence-corrected chi connectivity index (χ2v) is 4.72. The van der Waals surface area contributed by atoms with Gasteiger partial charge in [0.25, 0.3) is 0 Å². The van der Waals surface area contributed by atoms with Gasteiger partial charge in [-0.15, -0.1) is 0 Å². The van der Waals surface area contributed by atoms with Crippen LogP contribution < -0.4 is 0 Å². The highest BCUT2D eigenvalue weighted by Gasteiger charge is 2.27. The summed E-state index contributed by atoms with van der Waals surface area (Å²) in [5.41, 5.74) is -0.130. The van der Waals surface area contributed by atoms with E-state index in [4.69, 9.17) is 9.84 Å². The first kappa shape index (κ1) is 14.7. The predicted octanol–water partition coefficient (Wildman–Crippen LogP) is 2.30. The molecule has 0 bridgehead atoms. The number of ether oxygens (including phenoxy) is 2. The molecule has 5 nitrogen and oxygen atoms in total. The van der Waals surface area contributed by atoms with Crippen molar-refractivity contribution in [1.82, 2.24) is 0 Å². The van der Waals surface area contributed by atoms with Gasteiger partial charge < -0.3 is 14.6 Å². The minimum Gasteiger partial charge on any atom is -0.465 e.